The lowest BCUT2D eigenvalue weighted by Gasteiger charge is -2.28. The molecule has 0 saturated carbocycles. The summed E-state index contributed by atoms with van der Waals surface area (Å²) in [5, 5.41) is 0. The van der Waals surface area contributed by atoms with E-state index in [-0.39, 0.29) is 0 Å². The number of morpholine rings is 1. The highest BCUT2D eigenvalue weighted by molar-refractivity contribution is 5.45. The van der Waals surface area contributed by atoms with E-state index < -0.39 is 0 Å². The van der Waals surface area contributed by atoms with Gasteiger partial charge in [-0.2, -0.15) is 0 Å². The van der Waals surface area contributed by atoms with E-state index in [4.69, 9.17) is 10.5 Å². The lowest BCUT2D eigenvalue weighted by molar-refractivity contribution is 0.122. The normalized spacial score (nSPS) is 17.1. The van der Waals surface area contributed by atoms with Crippen LogP contribution in [-0.2, 0) is 11.3 Å². The Morgan fingerprint density at radius 1 is 1.43 bits per heavy atom. The topological polar surface area (TPSA) is 64.3 Å². The molecule has 0 spiro atoms. The van der Waals surface area contributed by atoms with Crippen molar-refractivity contribution in [2.75, 3.05) is 31.2 Å². The summed E-state index contributed by atoms with van der Waals surface area (Å²) >= 11 is 0. The van der Waals surface area contributed by atoms with Crippen LogP contribution in [0, 0.1) is 0 Å². The Balaban J connectivity index is 2.20. The summed E-state index contributed by atoms with van der Waals surface area (Å²) in [6.07, 6.45) is 3.34. The van der Waals surface area contributed by atoms with E-state index in [1.165, 1.54) is 0 Å². The molecule has 1 fully saturated rings. The fourth-order valence-electron chi connectivity index (χ4n) is 1.56. The van der Waals surface area contributed by atoms with E-state index >= 15 is 0 Å². The molecule has 0 amide bonds. The Kier molecular flexibility index (Phi) is 2.90. The Hall–Kier alpha value is -1.20. The van der Waals surface area contributed by atoms with Crippen molar-refractivity contribution < 1.29 is 4.74 Å². The van der Waals surface area contributed by atoms with Gasteiger partial charge in [0.1, 0.15) is 12.1 Å². The third-order valence-electron chi connectivity index (χ3n) is 2.29. The maximum absolute atomic E-state index is 5.62. The van der Waals surface area contributed by atoms with E-state index in [9.17, 15) is 0 Å². The summed E-state index contributed by atoms with van der Waals surface area (Å²) in [5.41, 5.74) is 6.61. The van der Waals surface area contributed by atoms with Crippen LogP contribution in [0.2, 0.25) is 0 Å². The van der Waals surface area contributed by atoms with Gasteiger partial charge in [0.2, 0.25) is 0 Å². The molecule has 0 unspecified atom stereocenters. The van der Waals surface area contributed by atoms with Crippen molar-refractivity contribution in [2.24, 2.45) is 5.73 Å². The summed E-state index contributed by atoms with van der Waals surface area (Å²) in [6.45, 7) is 3.75. The van der Waals surface area contributed by atoms with Crippen LogP contribution in [0.15, 0.2) is 12.5 Å². The average Bonchev–Trinajstić information content (AvgIpc) is 2.30. The minimum Gasteiger partial charge on any atom is -0.378 e. The molecule has 0 bridgehead atoms. The number of nitrogens with zero attached hydrogens (tertiary/aromatic N) is 3. The number of nitrogens with two attached hydrogens (primary N) is 1. The van der Waals surface area contributed by atoms with Gasteiger partial charge in [-0.05, 0) is 0 Å². The van der Waals surface area contributed by atoms with Crippen molar-refractivity contribution in [3.05, 3.63) is 18.1 Å². The predicted molar refractivity (Wildman–Crippen MR) is 53.0 cm³/mol. The molecule has 1 aliphatic heterocycles. The van der Waals surface area contributed by atoms with E-state index in [0.29, 0.717) is 6.54 Å². The van der Waals surface area contributed by atoms with Crippen LogP contribution in [0.4, 0.5) is 5.82 Å². The number of anilines is 1. The Labute approximate surface area is 82.9 Å². The number of hydrogen-bond donors (Lipinski definition) is 1. The van der Waals surface area contributed by atoms with Gasteiger partial charge in [-0.25, -0.2) is 9.97 Å². The van der Waals surface area contributed by atoms with Gasteiger partial charge in [-0.1, -0.05) is 0 Å². The van der Waals surface area contributed by atoms with E-state index in [1.54, 1.807) is 12.5 Å². The predicted octanol–water partition coefficient (Wildman–Crippen LogP) is -0.228. The molecule has 0 aliphatic carbocycles. The molecule has 5 heteroatoms. The Morgan fingerprint density at radius 2 is 2.21 bits per heavy atom. The molecule has 1 saturated heterocycles. The molecule has 0 aromatic carbocycles. The van der Waals surface area contributed by atoms with Crippen molar-refractivity contribution in [1.82, 2.24) is 9.97 Å². The first-order valence-electron chi connectivity index (χ1n) is 4.73. The highest BCUT2D eigenvalue weighted by atomic mass is 16.5. The average molecular weight is 194 g/mol. The second kappa shape index (κ2) is 4.34. The third-order valence-corrected chi connectivity index (χ3v) is 2.29. The molecule has 0 radical (unpaired) electrons. The van der Waals surface area contributed by atoms with Crippen LogP contribution in [0.5, 0.6) is 0 Å². The zero-order valence-corrected chi connectivity index (χ0v) is 8.02. The van der Waals surface area contributed by atoms with Crippen molar-refractivity contribution in [1.29, 1.82) is 0 Å². The fourth-order valence-corrected chi connectivity index (χ4v) is 1.56. The molecular weight excluding hydrogens is 180 g/mol. The summed E-state index contributed by atoms with van der Waals surface area (Å²) < 4.78 is 5.28. The van der Waals surface area contributed by atoms with Crippen LogP contribution in [0.3, 0.4) is 0 Å². The molecule has 0 atom stereocenters. The Bertz CT molecular complexity index is 299. The first-order valence-corrected chi connectivity index (χ1v) is 4.73. The Morgan fingerprint density at radius 3 is 2.93 bits per heavy atom. The minimum atomic E-state index is 0.480. The van der Waals surface area contributed by atoms with Gasteiger partial charge >= 0.3 is 0 Å². The summed E-state index contributed by atoms with van der Waals surface area (Å²) in [7, 11) is 0. The SMILES string of the molecule is NCc1cncnc1N1CCOCC1. The largest absolute Gasteiger partial charge is 0.378 e. The lowest BCUT2D eigenvalue weighted by Crippen LogP contribution is -2.37. The van der Waals surface area contributed by atoms with Crippen LogP contribution in [0.25, 0.3) is 0 Å². The third kappa shape index (κ3) is 1.83. The van der Waals surface area contributed by atoms with Crippen molar-refractivity contribution >= 4 is 5.82 Å². The summed E-state index contributed by atoms with van der Waals surface area (Å²) in [5.74, 6) is 0.950. The quantitative estimate of drug-likeness (QED) is 0.704. The second-order valence-electron chi connectivity index (χ2n) is 3.18. The van der Waals surface area contributed by atoms with Gasteiger partial charge < -0.3 is 15.4 Å². The fraction of sp³-hybridized carbons (Fsp3) is 0.556. The molecule has 2 rings (SSSR count). The highest BCUT2D eigenvalue weighted by Crippen LogP contribution is 2.16. The van der Waals surface area contributed by atoms with E-state index in [1.807, 2.05) is 0 Å². The maximum Gasteiger partial charge on any atom is 0.136 e. The van der Waals surface area contributed by atoms with Crippen LogP contribution < -0.4 is 10.6 Å². The zero-order valence-electron chi connectivity index (χ0n) is 8.02. The second-order valence-corrected chi connectivity index (χ2v) is 3.18. The monoisotopic (exact) mass is 194 g/mol. The standard InChI is InChI=1S/C9H14N4O/c10-5-8-6-11-7-12-9(8)13-1-3-14-4-2-13/h6-7H,1-5,10H2. The molecular formula is C9H14N4O. The zero-order chi connectivity index (χ0) is 9.80. The smallest absolute Gasteiger partial charge is 0.136 e. The van der Waals surface area contributed by atoms with Crippen molar-refractivity contribution in [3.63, 3.8) is 0 Å². The molecule has 76 valence electrons. The first kappa shape index (κ1) is 9.36. The summed E-state index contributed by atoms with van der Waals surface area (Å²) in [4.78, 5) is 10.4. The van der Waals surface area contributed by atoms with Crippen molar-refractivity contribution in [2.45, 2.75) is 6.54 Å². The van der Waals surface area contributed by atoms with E-state index in [2.05, 4.69) is 14.9 Å². The highest BCUT2D eigenvalue weighted by Gasteiger charge is 2.14. The molecule has 1 aliphatic rings. The van der Waals surface area contributed by atoms with Gasteiger partial charge in [0.25, 0.3) is 0 Å². The minimum absolute atomic E-state index is 0.480. The molecule has 5 nitrogen and oxygen atoms in total. The summed E-state index contributed by atoms with van der Waals surface area (Å²) in [6, 6.07) is 0. The lowest BCUT2D eigenvalue weighted by atomic mass is 10.2. The maximum atomic E-state index is 5.62. The molecule has 1 aromatic heterocycles. The number of rotatable bonds is 2. The number of hydrogen-bond acceptors (Lipinski definition) is 5. The van der Waals surface area contributed by atoms with Crippen LogP contribution in [0.1, 0.15) is 5.56 Å². The molecule has 2 N–H and O–H groups in total. The van der Waals surface area contributed by atoms with Gasteiger partial charge in [0.05, 0.1) is 13.2 Å². The molecule has 14 heavy (non-hydrogen) atoms. The number of ether oxygens (including phenoxy) is 1. The number of aromatic nitrogens is 2. The van der Waals surface area contributed by atoms with Crippen LogP contribution >= 0.6 is 0 Å². The molecule has 1 aromatic rings. The first-order chi connectivity index (χ1) is 6.92. The van der Waals surface area contributed by atoms with Crippen molar-refractivity contribution in [3.8, 4) is 0 Å². The van der Waals surface area contributed by atoms with Gasteiger partial charge in [-0.3, -0.25) is 0 Å². The van der Waals surface area contributed by atoms with Gasteiger partial charge in [0.15, 0.2) is 0 Å². The van der Waals surface area contributed by atoms with Gasteiger partial charge in [0, 0.05) is 31.4 Å². The molecule has 2 heterocycles. The van der Waals surface area contributed by atoms with E-state index in [0.717, 1.165) is 37.7 Å². The van der Waals surface area contributed by atoms with Gasteiger partial charge in [-0.15, -0.1) is 0 Å². The van der Waals surface area contributed by atoms with Crippen LogP contribution in [-0.4, -0.2) is 36.3 Å².